The van der Waals surface area contributed by atoms with Crippen molar-refractivity contribution in [3.05, 3.63) is 57.9 Å². The van der Waals surface area contributed by atoms with Crippen molar-refractivity contribution in [2.45, 2.75) is 44.7 Å². The Morgan fingerprint density at radius 1 is 0.821 bits per heavy atom. The fourth-order valence-electron chi connectivity index (χ4n) is 3.00. The summed E-state index contributed by atoms with van der Waals surface area (Å²) in [5, 5.41) is -0.424. The average molecular weight is 431 g/mol. The Morgan fingerprint density at radius 2 is 1.39 bits per heavy atom. The molecule has 0 spiro atoms. The van der Waals surface area contributed by atoms with Gasteiger partial charge in [-0.05, 0) is 47.7 Å². The molecule has 0 unspecified atom stereocenters. The molecule has 0 radical (unpaired) electrons. The number of hydrogen-bond donors (Lipinski definition) is 0. The third-order valence-corrected chi connectivity index (χ3v) is 4.73. The molecule has 154 valence electrons. The van der Waals surface area contributed by atoms with Crippen LogP contribution in [0.25, 0.3) is 11.1 Å². The van der Waals surface area contributed by atoms with Crippen LogP contribution in [0.4, 0.5) is 35.1 Å². The summed E-state index contributed by atoms with van der Waals surface area (Å²) in [6, 6.07) is 4.46. The van der Waals surface area contributed by atoms with Gasteiger partial charge in [0.05, 0.1) is 5.02 Å². The first-order valence-electron chi connectivity index (χ1n) is 8.21. The highest BCUT2D eigenvalue weighted by Gasteiger charge is 2.74. The Morgan fingerprint density at radius 3 is 1.82 bits per heavy atom. The molecule has 0 aromatic heterocycles. The molecule has 0 N–H and O–H groups in total. The molecule has 0 fully saturated rings. The van der Waals surface area contributed by atoms with E-state index in [2.05, 4.69) is 0 Å². The van der Waals surface area contributed by atoms with Crippen LogP contribution < -0.4 is 0 Å². The number of hydrogen-bond acceptors (Lipinski definition) is 0. The highest BCUT2D eigenvalue weighted by Crippen LogP contribution is 2.56. The summed E-state index contributed by atoms with van der Waals surface area (Å²) in [6.45, 7) is 3.02. The molecular weight excluding hydrogens is 416 g/mol. The summed E-state index contributed by atoms with van der Waals surface area (Å²) in [4.78, 5) is 0. The zero-order chi connectivity index (χ0) is 21.5. The minimum Gasteiger partial charge on any atom is -0.218 e. The van der Waals surface area contributed by atoms with Crippen molar-refractivity contribution in [1.29, 1.82) is 0 Å². The van der Waals surface area contributed by atoms with Crippen molar-refractivity contribution in [2.75, 3.05) is 0 Å². The maximum atomic E-state index is 15.0. The van der Waals surface area contributed by atoms with Crippen molar-refractivity contribution in [1.82, 2.24) is 0 Å². The zero-order valence-corrected chi connectivity index (χ0v) is 15.5. The summed E-state index contributed by atoms with van der Waals surface area (Å²) in [7, 11) is 0. The van der Waals surface area contributed by atoms with Crippen LogP contribution in [0.15, 0.2) is 30.3 Å². The largest absolute Gasteiger partial charge is 0.435 e. The second-order valence-corrected chi connectivity index (χ2v) is 6.57. The molecule has 2 aromatic carbocycles. The van der Waals surface area contributed by atoms with Gasteiger partial charge in [0.2, 0.25) is 0 Å². The van der Waals surface area contributed by atoms with Gasteiger partial charge in [-0.25, -0.2) is 8.78 Å². The van der Waals surface area contributed by atoms with Crippen LogP contribution in [0.5, 0.6) is 0 Å². The van der Waals surface area contributed by atoms with E-state index in [0.29, 0.717) is 6.07 Å². The number of alkyl halides is 7. The van der Waals surface area contributed by atoms with E-state index in [-0.39, 0.29) is 29.5 Å². The summed E-state index contributed by atoms with van der Waals surface area (Å²) >= 11 is 5.89. The van der Waals surface area contributed by atoms with Crippen LogP contribution in [0.2, 0.25) is 5.02 Å². The van der Waals surface area contributed by atoms with Crippen LogP contribution in [0.3, 0.4) is 0 Å². The van der Waals surface area contributed by atoms with E-state index in [1.165, 1.54) is 19.9 Å². The summed E-state index contributed by atoms with van der Waals surface area (Å²) in [5.41, 5.74) is -8.03. The first-order chi connectivity index (χ1) is 12.8. The van der Waals surface area contributed by atoms with Crippen LogP contribution in [0.1, 0.15) is 30.5 Å². The average Bonchev–Trinajstić information content (AvgIpc) is 2.58. The van der Waals surface area contributed by atoms with Gasteiger partial charge in [0, 0.05) is 11.1 Å². The molecule has 0 aliphatic rings. The van der Waals surface area contributed by atoms with Crippen LogP contribution in [0, 0.1) is 5.82 Å². The van der Waals surface area contributed by atoms with Gasteiger partial charge >= 0.3 is 18.0 Å². The molecule has 0 aliphatic heterocycles. The molecule has 0 saturated carbocycles. The van der Waals surface area contributed by atoms with Crippen molar-refractivity contribution in [2.24, 2.45) is 0 Å². The standard InChI is InChI=1S/C19H15ClF8/c1-3-10-7-11(4-2)16(13-6-5-12(21)9-15(13)20)14(8-10)17(22,18(23,24)25)19(26,27)28/h5-9H,3-4H2,1-2H3. The normalized spacial score (nSPS) is 13.1. The molecule has 0 aliphatic carbocycles. The van der Waals surface area contributed by atoms with Gasteiger partial charge in [-0.2, -0.15) is 26.3 Å². The van der Waals surface area contributed by atoms with E-state index in [9.17, 15) is 35.1 Å². The molecule has 2 aromatic rings. The predicted molar refractivity (Wildman–Crippen MR) is 90.5 cm³/mol. The van der Waals surface area contributed by atoms with Gasteiger partial charge in [-0.3, -0.25) is 0 Å². The molecular formula is C19H15ClF8. The van der Waals surface area contributed by atoms with Crippen molar-refractivity contribution in [3.63, 3.8) is 0 Å². The highest BCUT2D eigenvalue weighted by molar-refractivity contribution is 6.33. The van der Waals surface area contributed by atoms with E-state index in [1.807, 2.05) is 0 Å². The lowest BCUT2D eigenvalue weighted by Gasteiger charge is -2.33. The number of rotatable bonds is 4. The maximum absolute atomic E-state index is 15.0. The van der Waals surface area contributed by atoms with Crippen molar-refractivity contribution >= 4 is 11.6 Å². The fourth-order valence-corrected chi connectivity index (χ4v) is 3.26. The number of aryl methyl sites for hydroxylation is 2. The SMILES string of the molecule is CCc1cc(CC)c(-c2ccc(F)cc2Cl)c(C(F)(C(F)(F)F)C(F)(F)F)c1. The van der Waals surface area contributed by atoms with Gasteiger partial charge in [0.1, 0.15) is 5.82 Å². The lowest BCUT2D eigenvalue weighted by Crippen LogP contribution is -2.50. The van der Waals surface area contributed by atoms with E-state index in [4.69, 9.17) is 11.6 Å². The van der Waals surface area contributed by atoms with E-state index < -0.39 is 40.0 Å². The predicted octanol–water partition coefficient (Wildman–Crippen LogP) is 7.56. The van der Waals surface area contributed by atoms with E-state index in [0.717, 1.165) is 18.2 Å². The summed E-state index contributed by atoms with van der Waals surface area (Å²) in [5.74, 6) is -0.836. The first-order valence-corrected chi connectivity index (χ1v) is 8.59. The molecule has 2 rings (SSSR count). The van der Waals surface area contributed by atoms with Crippen LogP contribution >= 0.6 is 11.6 Å². The van der Waals surface area contributed by atoms with Gasteiger partial charge in [-0.1, -0.05) is 37.6 Å². The summed E-state index contributed by atoms with van der Waals surface area (Å²) in [6.07, 6.45) is -12.5. The number of halogens is 9. The minimum absolute atomic E-state index is 0.00960. The lowest BCUT2D eigenvalue weighted by atomic mass is 9.82. The third kappa shape index (κ3) is 3.71. The van der Waals surface area contributed by atoms with Crippen LogP contribution in [-0.2, 0) is 18.5 Å². The third-order valence-electron chi connectivity index (χ3n) is 4.42. The Labute approximate surface area is 161 Å². The molecule has 0 heterocycles. The second kappa shape index (κ2) is 7.54. The van der Waals surface area contributed by atoms with Gasteiger partial charge in [0.25, 0.3) is 0 Å². The smallest absolute Gasteiger partial charge is 0.218 e. The van der Waals surface area contributed by atoms with Gasteiger partial charge < -0.3 is 0 Å². The fraction of sp³-hybridized carbons (Fsp3) is 0.368. The summed E-state index contributed by atoms with van der Waals surface area (Å²) < 4.78 is 109. The quantitative estimate of drug-likeness (QED) is 0.439. The van der Waals surface area contributed by atoms with Crippen LogP contribution in [-0.4, -0.2) is 12.4 Å². The molecule has 0 nitrogen and oxygen atoms in total. The first kappa shape index (κ1) is 22.5. The Hall–Kier alpha value is -1.83. The van der Waals surface area contributed by atoms with Crippen molar-refractivity contribution in [3.8, 4) is 11.1 Å². The Bertz CT molecular complexity index is 853. The van der Waals surface area contributed by atoms with Gasteiger partial charge in [-0.15, -0.1) is 0 Å². The Balaban J connectivity index is 3.04. The molecule has 0 bridgehead atoms. The molecule has 0 amide bonds. The molecule has 9 heteroatoms. The lowest BCUT2D eigenvalue weighted by molar-refractivity contribution is -0.348. The Kier molecular flexibility index (Phi) is 6.05. The molecule has 28 heavy (non-hydrogen) atoms. The van der Waals surface area contributed by atoms with E-state index in [1.54, 1.807) is 0 Å². The monoisotopic (exact) mass is 430 g/mol. The van der Waals surface area contributed by atoms with Gasteiger partial charge in [0.15, 0.2) is 0 Å². The van der Waals surface area contributed by atoms with Crippen molar-refractivity contribution < 1.29 is 35.1 Å². The highest BCUT2D eigenvalue weighted by atomic mass is 35.5. The molecule has 0 atom stereocenters. The maximum Gasteiger partial charge on any atom is 0.435 e. The topological polar surface area (TPSA) is 0 Å². The number of benzene rings is 2. The minimum atomic E-state index is -6.27. The van der Waals surface area contributed by atoms with E-state index >= 15 is 0 Å². The zero-order valence-electron chi connectivity index (χ0n) is 14.7. The molecule has 0 saturated heterocycles. The second-order valence-electron chi connectivity index (χ2n) is 6.16.